The third-order valence-electron chi connectivity index (χ3n) is 9.12. The molecule has 8 rings (SSSR count). The second-order valence-corrected chi connectivity index (χ2v) is 12.2. The molecule has 0 aliphatic heterocycles. The molecule has 0 unspecified atom stereocenters. The summed E-state index contributed by atoms with van der Waals surface area (Å²) >= 11 is 0. The van der Waals surface area contributed by atoms with Gasteiger partial charge in [0.2, 0.25) is 0 Å². The smallest absolute Gasteiger partial charge is 0.0753 e. The Kier molecular flexibility index (Phi) is 4.63. The standard InChI is InChI=1S/C37H29N3/c1-36(2)27-11-7-5-9-25(27)34-29(36)14-17-32(39-34)22-13-16-31-23(19-22)20-24(21-38-31)33-18-15-30-35(40-33)26-10-6-8-12-28(26)37(30,3)4/h5-21H,1-4H3. The second kappa shape index (κ2) is 7.95. The molecular weight excluding hydrogens is 486 g/mol. The summed E-state index contributed by atoms with van der Waals surface area (Å²) in [6.07, 6.45) is 1.94. The third-order valence-corrected chi connectivity index (χ3v) is 9.12. The average Bonchev–Trinajstić information content (AvgIpc) is 3.36. The lowest BCUT2D eigenvalue weighted by Gasteiger charge is -2.21. The van der Waals surface area contributed by atoms with Crippen molar-refractivity contribution in [3.8, 4) is 45.0 Å². The van der Waals surface area contributed by atoms with Crippen LogP contribution in [-0.4, -0.2) is 15.0 Å². The molecule has 0 N–H and O–H groups in total. The number of nitrogens with zero attached hydrogens (tertiary/aromatic N) is 3. The SMILES string of the molecule is CC1(C)c2ccccc2-c2nc(-c3ccc4ncc(-c5ccc6c(n5)-c5ccccc5C6(C)C)cc4c3)ccc21. The molecule has 3 nitrogen and oxygen atoms in total. The summed E-state index contributed by atoms with van der Waals surface area (Å²) in [4.78, 5) is 15.2. The minimum Gasteiger partial charge on any atom is -0.256 e. The maximum absolute atomic E-state index is 5.19. The molecular formula is C37H29N3. The zero-order valence-corrected chi connectivity index (χ0v) is 23.2. The van der Waals surface area contributed by atoms with Crippen LogP contribution in [0.4, 0.5) is 0 Å². The Morgan fingerprint density at radius 2 is 1.02 bits per heavy atom. The van der Waals surface area contributed by atoms with Crippen molar-refractivity contribution in [1.29, 1.82) is 0 Å². The number of fused-ring (bicyclic) bond motifs is 7. The van der Waals surface area contributed by atoms with Gasteiger partial charge in [-0.3, -0.25) is 4.98 Å². The van der Waals surface area contributed by atoms with Crippen molar-refractivity contribution in [2.24, 2.45) is 0 Å². The average molecular weight is 516 g/mol. The van der Waals surface area contributed by atoms with Crippen LogP contribution in [0.2, 0.25) is 0 Å². The van der Waals surface area contributed by atoms with Gasteiger partial charge in [0.1, 0.15) is 0 Å². The van der Waals surface area contributed by atoms with E-state index in [9.17, 15) is 0 Å². The van der Waals surface area contributed by atoms with Gasteiger partial charge in [-0.2, -0.15) is 0 Å². The summed E-state index contributed by atoms with van der Waals surface area (Å²) in [6, 6.07) is 34.7. The lowest BCUT2D eigenvalue weighted by Crippen LogP contribution is -2.14. The van der Waals surface area contributed by atoms with E-state index in [4.69, 9.17) is 15.0 Å². The normalized spacial score (nSPS) is 15.4. The highest BCUT2D eigenvalue weighted by Gasteiger charge is 2.37. The molecule has 0 amide bonds. The third kappa shape index (κ3) is 3.15. The van der Waals surface area contributed by atoms with E-state index in [0.717, 1.165) is 44.8 Å². The zero-order valence-electron chi connectivity index (χ0n) is 23.2. The van der Waals surface area contributed by atoms with Crippen molar-refractivity contribution in [2.45, 2.75) is 38.5 Å². The summed E-state index contributed by atoms with van der Waals surface area (Å²) in [5.41, 5.74) is 14.8. The van der Waals surface area contributed by atoms with E-state index < -0.39 is 0 Å². The van der Waals surface area contributed by atoms with Crippen LogP contribution < -0.4 is 0 Å². The van der Waals surface area contributed by atoms with Gasteiger partial charge >= 0.3 is 0 Å². The highest BCUT2D eigenvalue weighted by atomic mass is 14.8. The monoisotopic (exact) mass is 515 g/mol. The van der Waals surface area contributed by atoms with Crippen molar-refractivity contribution in [1.82, 2.24) is 15.0 Å². The molecule has 40 heavy (non-hydrogen) atoms. The molecule has 192 valence electrons. The van der Waals surface area contributed by atoms with E-state index in [0.29, 0.717) is 0 Å². The maximum Gasteiger partial charge on any atom is 0.0753 e. The van der Waals surface area contributed by atoms with Gasteiger partial charge in [0.05, 0.1) is 28.3 Å². The number of pyridine rings is 3. The molecule has 3 aromatic carbocycles. The van der Waals surface area contributed by atoms with Crippen molar-refractivity contribution >= 4 is 10.9 Å². The van der Waals surface area contributed by atoms with Crippen LogP contribution in [0.5, 0.6) is 0 Å². The molecule has 0 saturated carbocycles. The van der Waals surface area contributed by atoms with Crippen LogP contribution in [0, 0.1) is 0 Å². The molecule has 3 aromatic heterocycles. The summed E-state index contributed by atoms with van der Waals surface area (Å²) in [7, 11) is 0. The topological polar surface area (TPSA) is 38.7 Å². The lowest BCUT2D eigenvalue weighted by molar-refractivity contribution is 0.659. The molecule has 2 aliphatic rings. The lowest BCUT2D eigenvalue weighted by atomic mass is 9.83. The van der Waals surface area contributed by atoms with E-state index >= 15 is 0 Å². The highest BCUT2D eigenvalue weighted by Crippen LogP contribution is 2.49. The van der Waals surface area contributed by atoms with Crippen LogP contribution in [0.3, 0.4) is 0 Å². The van der Waals surface area contributed by atoms with Crippen molar-refractivity contribution in [3.05, 3.63) is 126 Å². The minimum absolute atomic E-state index is 0.0434. The Balaban J connectivity index is 1.22. The van der Waals surface area contributed by atoms with Gasteiger partial charge in [-0.25, -0.2) is 9.97 Å². The Morgan fingerprint density at radius 1 is 0.500 bits per heavy atom. The van der Waals surface area contributed by atoms with E-state index in [2.05, 4.69) is 125 Å². The maximum atomic E-state index is 5.19. The summed E-state index contributed by atoms with van der Waals surface area (Å²) in [5, 5.41) is 1.08. The first kappa shape index (κ1) is 23.3. The molecule has 0 radical (unpaired) electrons. The fourth-order valence-electron chi connectivity index (χ4n) is 6.85. The van der Waals surface area contributed by atoms with Gasteiger partial charge in [0.15, 0.2) is 0 Å². The summed E-state index contributed by atoms with van der Waals surface area (Å²) in [6.45, 7) is 9.14. The van der Waals surface area contributed by atoms with Crippen molar-refractivity contribution in [2.75, 3.05) is 0 Å². The zero-order chi connectivity index (χ0) is 27.2. The minimum atomic E-state index is -0.0490. The molecule has 0 bridgehead atoms. The fraction of sp³-hybridized carbons (Fsp3) is 0.162. The Hall–Kier alpha value is -4.63. The van der Waals surface area contributed by atoms with E-state index in [1.165, 1.54) is 33.4 Å². The van der Waals surface area contributed by atoms with Gasteiger partial charge in [0, 0.05) is 44.7 Å². The van der Waals surface area contributed by atoms with Crippen LogP contribution >= 0.6 is 0 Å². The molecule has 0 saturated heterocycles. The first-order valence-corrected chi connectivity index (χ1v) is 14.0. The van der Waals surface area contributed by atoms with Crippen molar-refractivity contribution in [3.63, 3.8) is 0 Å². The summed E-state index contributed by atoms with van der Waals surface area (Å²) in [5.74, 6) is 0. The van der Waals surface area contributed by atoms with Gasteiger partial charge in [-0.15, -0.1) is 0 Å². The molecule has 0 fully saturated rings. The van der Waals surface area contributed by atoms with Crippen LogP contribution in [-0.2, 0) is 10.8 Å². The van der Waals surface area contributed by atoms with Gasteiger partial charge in [0.25, 0.3) is 0 Å². The van der Waals surface area contributed by atoms with Gasteiger partial charge < -0.3 is 0 Å². The molecule has 0 spiro atoms. The first-order valence-electron chi connectivity index (χ1n) is 14.0. The first-order chi connectivity index (χ1) is 19.3. The van der Waals surface area contributed by atoms with Crippen LogP contribution in [0.25, 0.3) is 55.9 Å². The Morgan fingerprint density at radius 3 is 1.62 bits per heavy atom. The highest BCUT2D eigenvalue weighted by molar-refractivity contribution is 5.88. The fourth-order valence-corrected chi connectivity index (χ4v) is 6.85. The van der Waals surface area contributed by atoms with Crippen LogP contribution in [0.15, 0.2) is 103 Å². The van der Waals surface area contributed by atoms with E-state index in [-0.39, 0.29) is 10.8 Å². The molecule has 3 heterocycles. The largest absolute Gasteiger partial charge is 0.256 e. The molecule has 3 heteroatoms. The number of hydrogen-bond donors (Lipinski definition) is 0. The molecule has 0 atom stereocenters. The van der Waals surface area contributed by atoms with Crippen LogP contribution in [0.1, 0.15) is 49.9 Å². The number of benzene rings is 3. The number of rotatable bonds is 2. The summed E-state index contributed by atoms with van der Waals surface area (Å²) < 4.78 is 0. The predicted molar refractivity (Wildman–Crippen MR) is 163 cm³/mol. The Labute approximate surface area is 234 Å². The van der Waals surface area contributed by atoms with Gasteiger partial charge in [-0.05, 0) is 52.6 Å². The quantitative estimate of drug-likeness (QED) is 0.231. The number of hydrogen-bond acceptors (Lipinski definition) is 3. The van der Waals surface area contributed by atoms with E-state index in [1.54, 1.807) is 0 Å². The molecule has 6 aromatic rings. The number of aromatic nitrogens is 3. The Bertz CT molecular complexity index is 1870. The van der Waals surface area contributed by atoms with E-state index in [1.807, 2.05) is 6.20 Å². The second-order valence-electron chi connectivity index (χ2n) is 12.2. The predicted octanol–water partition coefficient (Wildman–Crippen LogP) is 8.97. The van der Waals surface area contributed by atoms with Crippen molar-refractivity contribution < 1.29 is 0 Å². The molecule has 2 aliphatic carbocycles. The van der Waals surface area contributed by atoms with Gasteiger partial charge in [-0.1, -0.05) is 94.4 Å².